The average molecular weight is 307 g/mol. The van der Waals surface area contributed by atoms with Crippen molar-refractivity contribution in [2.75, 3.05) is 6.54 Å². The number of benzene rings is 2. The molecule has 23 heavy (non-hydrogen) atoms. The van der Waals surface area contributed by atoms with Crippen molar-refractivity contribution in [1.82, 2.24) is 5.32 Å². The molecule has 0 amide bonds. The van der Waals surface area contributed by atoms with Crippen molar-refractivity contribution in [3.8, 4) is 11.1 Å². The maximum Gasteiger partial charge on any atom is 0.141 e. The van der Waals surface area contributed by atoms with E-state index in [0.717, 1.165) is 24.9 Å². The van der Waals surface area contributed by atoms with Crippen molar-refractivity contribution < 1.29 is 4.79 Å². The lowest BCUT2D eigenvalue weighted by Crippen LogP contribution is -2.33. The normalized spacial score (nSPS) is 18.7. The summed E-state index contributed by atoms with van der Waals surface area (Å²) in [6.45, 7) is 3.11. The van der Waals surface area contributed by atoms with Crippen LogP contribution in [0.3, 0.4) is 0 Å². The third kappa shape index (κ3) is 3.70. The predicted molar refractivity (Wildman–Crippen MR) is 95.6 cm³/mol. The summed E-state index contributed by atoms with van der Waals surface area (Å²) in [5.74, 6) is 0.359. The molecule has 3 rings (SSSR count). The molecule has 1 N–H and O–H groups in total. The first-order valence-corrected chi connectivity index (χ1v) is 8.71. The van der Waals surface area contributed by atoms with Crippen molar-refractivity contribution in [3.63, 3.8) is 0 Å². The molecule has 1 saturated heterocycles. The number of Topliss-reactive ketones (excluding diaryl/α,β-unsaturated/α-hetero) is 1. The van der Waals surface area contributed by atoms with Gasteiger partial charge in [-0.05, 0) is 42.5 Å². The summed E-state index contributed by atoms with van der Waals surface area (Å²) < 4.78 is 0. The van der Waals surface area contributed by atoms with Crippen molar-refractivity contribution in [3.05, 3.63) is 60.2 Å². The number of nitrogens with one attached hydrogen (secondary N) is 1. The maximum atomic E-state index is 12.7. The van der Waals surface area contributed by atoms with Crippen molar-refractivity contribution in [2.24, 2.45) is 0 Å². The summed E-state index contributed by atoms with van der Waals surface area (Å²) in [5, 5.41) is 3.53. The molecule has 0 bridgehead atoms. The van der Waals surface area contributed by atoms with Gasteiger partial charge in [-0.1, -0.05) is 61.5 Å². The Kier molecular flexibility index (Phi) is 5.24. The highest BCUT2D eigenvalue weighted by Gasteiger charge is 2.31. The van der Waals surface area contributed by atoms with Gasteiger partial charge in [0.2, 0.25) is 0 Å². The summed E-state index contributed by atoms with van der Waals surface area (Å²) in [5.41, 5.74) is 3.55. The van der Waals surface area contributed by atoms with Crippen molar-refractivity contribution in [1.29, 1.82) is 0 Å². The van der Waals surface area contributed by atoms with E-state index in [1.165, 1.54) is 17.5 Å². The molecule has 0 aromatic heterocycles. The van der Waals surface area contributed by atoms with Gasteiger partial charge in [0.1, 0.15) is 5.78 Å². The molecule has 120 valence electrons. The SMILES string of the molecule is CCCC(=O)C(c1cccc(-c2ccccc2)c1)C1CCCN1. The number of rotatable bonds is 6. The van der Waals surface area contributed by atoms with Gasteiger partial charge in [-0.15, -0.1) is 0 Å². The van der Waals surface area contributed by atoms with Gasteiger partial charge >= 0.3 is 0 Å². The van der Waals surface area contributed by atoms with E-state index in [1.54, 1.807) is 0 Å². The third-order valence-electron chi connectivity index (χ3n) is 4.70. The van der Waals surface area contributed by atoms with E-state index in [-0.39, 0.29) is 5.92 Å². The third-order valence-corrected chi connectivity index (χ3v) is 4.70. The Balaban J connectivity index is 1.94. The van der Waals surface area contributed by atoms with Gasteiger partial charge in [0, 0.05) is 12.5 Å². The average Bonchev–Trinajstić information content (AvgIpc) is 3.10. The van der Waals surface area contributed by atoms with E-state index in [4.69, 9.17) is 0 Å². The fraction of sp³-hybridized carbons (Fsp3) is 0.381. The smallest absolute Gasteiger partial charge is 0.141 e. The van der Waals surface area contributed by atoms with Crippen LogP contribution in [0.25, 0.3) is 11.1 Å². The monoisotopic (exact) mass is 307 g/mol. The van der Waals surface area contributed by atoms with Crippen LogP contribution in [-0.4, -0.2) is 18.4 Å². The van der Waals surface area contributed by atoms with Crippen LogP contribution in [0.4, 0.5) is 0 Å². The van der Waals surface area contributed by atoms with E-state index < -0.39 is 0 Å². The zero-order valence-electron chi connectivity index (χ0n) is 13.8. The molecule has 2 aromatic carbocycles. The topological polar surface area (TPSA) is 29.1 Å². The Morgan fingerprint density at radius 1 is 1.13 bits per heavy atom. The second-order valence-corrected chi connectivity index (χ2v) is 6.39. The molecule has 1 aliphatic heterocycles. The number of carbonyl (C=O) groups excluding carboxylic acids is 1. The zero-order chi connectivity index (χ0) is 16.1. The number of carbonyl (C=O) groups is 1. The molecule has 0 saturated carbocycles. The highest BCUT2D eigenvalue weighted by Crippen LogP contribution is 2.31. The molecule has 0 spiro atoms. The molecule has 2 atom stereocenters. The first-order valence-electron chi connectivity index (χ1n) is 8.71. The van der Waals surface area contributed by atoms with E-state index in [1.807, 2.05) is 6.07 Å². The summed E-state index contributed by atoms with van der Waals surface area (Å²) in [6.07, 6.45) is 3.84. The lowest BCUT2D eigenvalue weighted by atomic mass is 9.84. The zero-order valence-corrected chi connectivity index (χ0v) is 13.8. The molecule has 2 unspecified atom stereocenters. The standard InChI is InChI=1S/C21H25NO/c1-2-8-20(23)21(19-13-7-14-22-19)18-12-6-11-17(15-18)16-9-4-3-5-10-16/h3-6,9-12,15,19,21-22H,2,7-8,13-14H2,1H3. The van der Waals surface area contributed by atoms with Crippen LogP contribution in [0.5, 0.6) is 0 Å². The van der Waals surface area contributed by atoms with Gasteiger partial charge < -0.3 is 5.32 Å². The Hall–Kier alpha value is -1.93. The number of hydrogen-bond acceptors (Lipinski definition) is 2. The molecule has 1 aliphatic rings. The highest BCUT2D eigenvalue weighted by atomic mass is 16.1. The molecular formula is C21H25NO. The summed E-state index contributed by atoms with van der Waals surface area (Å²) in [6, 6.07) is 19.2. The van der Waals surface area contributed by atoms with Crippen molar-refractivity contribution >= 4 is 5.78 Å². The first kappa shape index (κ1) is 15.9. The Morgan fingerprint density at radius 3 is 2.61 bits per heavy atom. The number of ketones is 1. The summed E-state index contributed by atoms with van der Waals surface area (Å²) in [4.78, 5) is 12.7. The van der Waals surface area contributed by atoms with E-state index in [0.29, 0.717) is 18.2 Å². The molecule has 1 heterocycles. The second kappa shape index (κ2) is 7.56. The van der Waals surface area contributed by atoms with Crippen LogP contribution in [0.15, 0.2) is 54.6 Å². The van der Waals surface area contributed by atoms with Gasteiger partial charge in [0.15, 0.2) is 0 Å². The molecular weight excluding hydrogens is 282 g/mol. The quantitative estimate of drug-likeness (QED) is 0.847. The van der Waals surface area contributed by atoms with Gasteiger partial charge in [-0.25, -0.2) is 0 Å². The Labute approximate surface area is 138 Å². The minimum atomic E-state index is -0.0129. The van der Waals surface area contributed by atoms with E-state index >= 15 is 0 Å². The largest absolute Gasteiger partial charge is 0.313 e. The molecule has 2 aromatic rings. The number of hydrogen-bond donors (Lipinski definition) is 1. The van der Waals surface area contributed by atoms with Crippen molar-refractivity contribution in [2.45, 2.75) is 44.6 Å². The lowest BCUT2D eigenvalue weighted by Gasteiger charge is -2.23. The van der Waals surface area contributed by atoms with E-state index in [9.17, 15) is 4.79 Å². The van der Waals surface area contributed by atoms with E-state index in [2.05, 4.69) is 60.8 Å². The second-order valence-electron chi connectivity index (χ2n) is 6.39. The predicted octanol–water partition coefficient (Wildman–Crippen LogP) is 4.56. The first-order chi connectivity index (χ1) is 11.3. The van der Waals surface area contributed by atoms with Gasteiger partial charge in [0.25, 0.3) is 0 Å². The maximum absolute atomic E-state index is 12.7. The highest BCUT2D eigenvalue weighted by molar-refractivity contribution is 5.87. The minimum Gasteiger partial charge on any atom is -0.313 e. The van der Waals surface area contributed by atoms with Gasteiger partial charge in [0.05, 0.1) is 5.92 Å². The fourth-order valence-electron chi connectivity index (χ4n) is 3.58. The molecule has 2 heteroatoms. The molecule has 0 aliphatic carbocycles. The van der Waals surface area contributed by atoms with Crippen LogP contribution in [-0.2, 0) is 4.79 Å². The lowest BCUT2D eigenvalue weighted by molar-refractivity contribution is -0.121. The Bertz CT molecular complexity index is 644. The molecule has 1 fully saturated rings. The van der Waals surface area contributed by atoms with Gasteiger partial charge in [-0.2, -0.15) is 0 Å². The molecule has 2 nitrogen and oxygen atoms in total. The molecule has 0 radical (unpaired) electrons. The minimum absolute atomic E-state index is 0.0129. The fourth-order valence-corrected chi connectivity index (χ4v) is 3.58. The van der Waals surface area contributed by atoms with Crippen LogP contribution in [0, 0.1) is 0 Å². The summed E-state index contributed by atoms with van der Waals surface area (Å²) in [7, 11) is 0. The van der Waals surface area contributed by atoms with Crippen LogP contribution >= 0.6 is 0 Å². The van der Waals surface area contributed by atoms with Crippen LogP contribution < -0.4 is 5.32 Å². The summed E-state index contributed by atoms with van der Waals surface area (Å²) >= 11 is 0. The van der Waals surface area contributed by atoms with Crippen LogP contribution in [0.1, 0.15) is 44.1 Å². The van der Waals surface area contributed by atoms with Crippen LogP contribution in [0.2, 0.25) is 0 Å². The Morgan fingerprint density at radius 2 is 1.91 bits per heavy atom. The van der Waals surface area contributed by atoms with Gasteiger partial charge in [-0.3, -0.25) is 4.79 Å².